The van der Waals surface area contributed by atoms with Gasteiger partial charge in [0.05, 0.1) is 0 Å². The van der Waals surface area contributed by atoms with Crippen molar-refractivity contribution in [1.29, 1.82) is 0 Å². The standard InChI is InChI=1S/C18H22BrNO/c1-13(2)11-20-12-15-10-16(19)8-9-18(15)21-17-7-5-4-6-14(17)3/h4-10,13,20H,11-12H2,1-3H3. The van der Waals surface area contributed by atoms with Crippen LogP contribution in [0.15, 0.2) is 46.9 Å². The number of hydrogen-bond donors (Lipinski definition) is 1. The van der Waals surface area contributed by atoms with Crippen molar-refractivity contribution >= 4 is 15.9 Å². The molecule has 0 unspecified atom stereocenters. The molecule has 0 saturated carbocycles. The van der Waals surface area contributed by atoms with Gasteiger partial charge in [0.25, 0.3) is 0 Å². The van der Waals surface area contributed by atoms with Crippen molar-refractivity contribution in [1.82, 2.24) is 5.32 Å². The summed E-state index contributed by atoms with van der Waals surface area (Å²) in [5, 5.41) is 3.47. The van der Waals surface area contributed by atoms with Crippen molar-refractivity contribution in [2.75, 3.05) is 6.54 Å². The molecule has 0 aliphatic rings. The van der Waals surface area contributed by atoms with E-state index in [-0.39, 0.29) is 0 Å². The molecule has 0 saturated heterocycles. The lowest BCUT2D eigenvalue weighted by Crippen LogP contribution is -2.19. The molecule has 2 nitrogen and oxygen atoms in total. The molecule has 0 aromatic heterocycles. The van der Waals surface area contributed by atoms with Crippen LogP contribution in [-0.2, 0) is 6.54 Å². The van der Waals surface area contributed by atoms with Crippen molar-refractivity contribution in [3.05, 3.63) is 58.1 Å². The normalized spacial score (nSPS) is 10.9. The van der Waals surface area contributed by atoms with Crippen molar-refractivity contribution < 1.29 is 4.74 Å². The van der Waals surface area contributed by atoms with Gasteiger partial charge in [0.1, 0.15) is 11.5 Å². The van der Waals surface area contributed by atoms with Gasteiger partial charge < -0.3 is 10.1 Å². The second kappa shape index (κ2) is 7.62. The van der Waals surface area contributed by atoms with Gasteiger partial charge >= 0.3 is 0 Å². The van der Waals surface area contributed by atoms with Crippen LogP contribution in [0.1, 0.15) is 25.0 Å². The largest absolute Gasteiger partial charge is 0.457 e. The van der Waals surface area contributed by atoms with Crippen molar-refractivity contribution in [2.24, 2.45) is 5.92 Å². The third kappa shape index (κ3) is 4.87. The molecule has 0 spiro atoms. The quantitative estimate of drug-likeness (QED) is 0.765. The zero-order valence-corrected chi connectivity index (χ0v) is 14.4. The summed E-state index contributed by atoms with van der Waals surface area (Å²) in [6.45, 7) is 8.28. The Morgan fingerprint density at radius 1 is 1.10 bits per heavy atom. The van der Waals surface area contributed by atoms with Gasteiger partial charge in [0.2, 0.25) is 0 Å². The summed E-state index contributed by atoms with van der Waals surface area (Å²) in [6, 6.07) is 14.2. The van der Waals surface area contributed by atoms with Crippen LogP contribution in [0.3, 0.4) is 0 Å². The molecule has 1 N–H and O–H groups in total. The van der Waals surface area contributed by atoms with E-state index in [0.717, 1.165) is 40.2 Å². The fourth-order valence-electron chi connectivity index (χ4n) is 2.07. The van der Waals surface area contributed by atoms with E-state index in [0.29, 0.717) is 5.92 Å². The van der Waals surface area contributed by atoms with Crippen LogP contribution >= 0.6 is 15.9 Å². The first-order valence-electron chi connectivity index (χ1n) is 7.29. The average molecular weight is 348 g/mol. The summed E-state index contributed by atoms with van der Waals surface area (Å²) in [5.74, 6) is 2.45. The van der Waals surface area contributed by atoms with E-state index in [2.05, 4.69) is 54.2 Å². The number of rotatable bonds is 6. The van der Waals surface area contributed by atoms with Crippen molar-refractivity contribution in [3.8, 4) is 11.5 Å². The van der Waals surface area contributed by atoms with Crippen molar-refractivity contribution in [3.63, 3.8) is 0 Å². The molecule has 0 aliphatic heterocycles. The Morgan fingerprint density at radius 3 is 2.57 bits per heavy atom. The number of ether oxygens (including phenoxy) is 1. The molecule has 3 heteroatoms. The van der Waals surface area contributed by atoms with E-state index in [1.807, 2.05) is 30.3 Å². The maximum absolute atomic E-state index is 6.09. The lowest BCUT2D eigenvalue weighted by Gasteiger charge is -2.14. The first-order valence-corrected chi connectivity index (χ1v) is 8.08. The minimum Gasteiger partial charge on any atom is -0.457 e. The Morgan fingerprint density at radius 2 is 1.86 bits per heavy atom. The molecule has 2 aromatic carbocycles. The number of halogens is 1. The fraction of sp³-hybridized carbons (Fsp3) is 0.333. The molecular formula is C18H22BrNO. The van der Waals surface area contributed by atoms with Gasteiger partial charge in [-0.05, 0) is 49.2 Å². The zero-order chi connectivity index (χ0) is 15.2. The Balaban J connectivity index is 2.16. The second-order valence-electron chi connectivity index (χ2n) is 5.64. The minimum atomic E-state index is 0.637. The van der Waals surface area contributed by atoms with Gasteiger partial charge in [-0.3, -0.25) is 0 Å². The predicted octanol–water partition coefficient (Wildman–Crippen LogP) is 5.30. The highest BCUT2D eigenvalue weighted by atomic mass is 79.9. The third-order valence-corrected chi connectivity index (χ3v) is 3.70. The number of hydrogen-bond acceptors (Lipinski definition) is 2. The number of nitrogens with one attached hydrogen (secondary N) is 1. The lowest BCUT2D eigenvalue weighted by molar-refractivity contribution is 0.466. The Bertz CT molecular complexity index is 596. The molecule has 0 amide bonds. The number of benzene rings is 2. The minimum absolute atomic E-state index is 0.637. The molecule has 0 heterocycles. The van der Waals surface area contributed by atoms with Crippen LogP contribution in [-0.4, -0.2) is 6.54 Å². The molecular weight excluding hydrogens is 326 g/mol. The fourth-order valence-corrected chi connectivity index (χ4v) is 2.48. The molecule has 0 aliphatic carbocycles. The molecule has 0 atom stereocenters. The van der Waals surface area contributed by atoms with E-state index in [9.17, 15) is 0 Å². The maximum Gasteiger partial charge on any atom is 0.132 e. The molecule has 112 valence electrons. The number of aryl methyl sites for hydroxylation is 1. The maximum atomic E-state index is 6.09. The van der Waals surface area contributed by atoms with Gasteiger partial charge in [-0.2, -0.15) is 0 Å². The van der Waals surface area contributed by atoms with Gasteiger partial charge in [-0.1, -0.05) is 48.0 Å². The van der Waals surface area contributed by atoms with Crippen LogP contribution in [0.25, 0.3) is 0 Å². The summed E-state index contributed by atoms with van der Waals surface area (Å²) >= 11 is 3.53. The molecule has 21 heavy (non-hydrogen) atoms. The van der Waals surface area contributed by atoms with E-state index in [1.54, 1.807) is 0 Å². The molecule has 0 radical (unpaired) electrons. The van der Waals surface area contributed by atoms with Gasteiger partial charge in [-0.15, -0.1) is 0 Å². The van der Waals surface area contributed by atoms with Gasteiger partial charge in [0.15, 0.2) is 0 Å². The number of para-hydroxylation sites is 1. The van der Waals surface area contributed by atoms with E-state index in [4.69, 9.17) is 4.74 Å². The van der Waals surface area contributed by atoms with Crippen LogP contribution in [0.4, 0.5) is 0 Å². The Kier molecular flexibility index (Phi) is 5.83. The van der Waals surface area contributed by atoms with Gasteiger partial charge in [-0.25, -0.2) is 0 Å². The SMILES string of the molecule is Cc1ccccc1Oc1ccc(Br)cc1CNCC(C)C. The Hall–Kier alpha value is -1.32. The summed E-state index contributed by atoms with van der Waals surface area (Å²) in [6.07, 6.45) is 0. The topological polar surface area (TPSA) is 21.3 Å². The molecule has 0 fully saturated rings. The monoisotopic (exact) mass is 347 g/mol. The molecule has 2 rings (SSSR count). The summed E-state index contributed by atoms with van der Waals surface area (Å²) in [7, 11) is 0. The van der Waals surface area contributed by atoms with Crippen LogP contribution < -0.4 is 10.1 Å². The van der Waals surface area contributed by atoms with Gasteiger partial charge in [0, 0.05) is 16.6 Å². The third-order valence-electron chi connectivity index (χ3n) is 3.20. The highest BCUT2D eigenvalue weighted by Gasteiger charge is 2.07. The zero-order valence-electron chi connectivity index (χ0n) is 12.8. The second-order valence-corrected chi connectivity index (χ2v) is 6.56. The first-order chi connectivity index (χ1) is 10.1. The van der Waals surface area contributed by atoms with Crippen LogP contribution in [0.2, 0.25) is 0 Å². The van der Waals surface area contributed by atoms with Crippen LogP contribution in [0.5, 0.6) is 11.5 Å². The van der Waals surface area contributed by atoms with Crippen LogP contribution in [0, 0.1) is 12.8 Å². The van der Waals surface area contributed by atoms with E-state index in [1.165, 1.54) is 0 Å². The van der Waals surface area contributed by atoms with Crippen molar-refractivity contribution in [2.45, 2.75) is 27.3 Å². The Labute approximate surface area is 135 Å². The summed E-state index contributed by atoms with van der Waals surface area (Å²) < 4.78 is 7.16. The van der Waals surface area contributed by atoms with E-state index >= 15 is 0 Å². The summed E-state index contributed by atoms with van der Waals surface area (Å²) in [4.78, 5) is 0. The smallest absolute Gasteiger partial charge is 0.132 e. The highest BCUT2D eigenvalue weighted by molar-refractivity contribution is 9.10. The molecule has 0 bridgehead atoms. The lowest BCUT2D eigenvalue weighted by atomic mass is 10.1. The molecule has 2 aromatic rings. The highest BCUT2D eigenvalue weighted by Crippen LogP contribution is 2.29. The van der Waals surface area contributed by atoms with E-state index < -0.39 is 0 Å². The summed E-state index contributed by atoms with van der Waals surface area (Å²) in [5.41, 5.74) is 2.30. The first kappa shape index (κ1) is 16.1. The predicted molar refractivity (Wildman–Crippen MR) is 91.9 cm³/mol. The average Bonchev–Trinajstić information content (AvgIpc) is 2.43.